The summed E-state index contributed by atoms with van der Waals surface area (Å²) >= 11 is 0. The second kappa shape index (κ2) is 12.0. The number of nitro benzene ring substituents is 1. The van der Waals surface area contributed by atoms with Crippen molar-refractivity contribution >= 4 is 11.7 Å². The number of hydrogen-bond acceptors (Lipinski definition) is 6. The smallest absolute Gasteiger partial charge is 0.343 e. The molecule has 2 N–H and O–H groups in total. The summed E-state index contributed by atoms with van der Waals surface area (Å²) in [6, 6.07) is 23.5. The van der Waals surface area contributed by atoms with E-state index < -0.39 is 22.7 Å². The maximum Gasteiger partial charge on any atom is 0.343 e. The number of aromatic amines is 2. The van der Waals surface area contributed by atoms with Crippen LogP contribution in [-0.2, 0) is 4.74 Å². The Morgan fingerprint density at radius 3 is 1.84 bits per heavy atom. The molecule has 1 aliphatic carbocycles. The Kier molecular flexibility index (Phi) is 7.74. The summed E-state index contributed by atoms with van der Waals surface area (Å²) in [5.41, 5.74) is 2.81. The molecule has 0 bridgehead atoms. The van der Waals surface area contributed by atoms with Gasteiger partial charge in [0.1, 0.15) is 5.76 Å². The van der Waals surface area contributed by atoms with Crippen LogP contribution in [0.3, 0.4) is 0 Å². The molecule has 0 saturated heterocycles. The molecule has 11 nitrogen and oxygen atoms in total. The third-order valence-corrected chi connectivity index (χ3v) is 7.93. The van der Waals surface area contributed by atoms with E-state index in [1.165, 1.54) is 33.6 Å². The molecular weight excluding hydrogens is 574 g/mol. The number of allylic oxidation sites excluding steroid dienone is 4. The Bertz CT molecular complexity index is 1970. The summed E-state index contributed by atoms with van der Waals surface area (Å²) < 4.78 is 8.65. The summed E-state index contributed by atoms with van der Waals surface area (Å²) in [5.74, 6) is -1.47. The predicted molar refractivity (Wildman–Crippen MR) is 168 cm³/mol. The van der Waals surface area contributed by atoms with Crippen LogP contribution in [0.25, 0.3) is 11.4 Å². The Morgan fingerprint density at radius 1 is 0.844 bits per heavy atom. The van der Waals surface area contributed by atoms with Crippen LogP contribution in [0.4, 0.5) is 5.69 Å². The number of nitrogens with zero attached hydrogens (tertiary/aromatic N) is 3. The average Bonchev–Trinajstić information content (AvgIpc) is 3.52. The van der Waals surface area contributed by atoms with Crippen LogP contribution < -0.4 is 11.1 Å². The quantitative estimate of drug-likeness (QED) is 0.134. The van der Waals surface area contributed by atoms with Gasteiger partial charge in [0, 0.05) is 47.0 Å². The number of aryl methyl sites for hydroxylation is 2. The minimum absolute atomic E-state index is 0.139. The monoisotopic (exact) mass is 603 g/mol. The van der Waals surface area contributed by atoms with Crippen LogP contribution in [0.5, 0.6) is 0 Å². The maximum atomic E-state index is 14.1. The second-order valence-corrected chi connectivity index (χ2v) is 10.8. The van der Waals surface area contributed by atoms with Crippen molar-refractivity contribution in [1.82, 2.24) is 19.6 Å². The topological polar surface area (TPSA) is 145 Å². The van der Waals surface area contributed by atoms with Gasteiger partial charge in [-0.3, -0.25) is 29.9 Å². The number of aromatic nitrogens is 4. The first-order chi connectivity index (χ1) is 21.7. The normalized spacial score (nSPS) is 14.4. The number of hydrogen-bond donors (Lipinski definition) is 2. The molecule has 5 aromatic rings. The molecular formula is C34H29N5O6. The highest BCUT2D eigenvalue weighted by Gasteiger charge is 2.36. The Labute approximate surface area is 256 Å². The molecule has 3 aromatic carbocycles. The number of H-pyrrole nitrogens is 2. The number of esters is 1. The molecule has 0 spiro atoms. The number of benzene rings is 3. The predicted octanol–water partition coefficient (Wildman–Crippen LogP) is 5.62. The van der Waals surface area contributed by atoms with Crippen LogP contribution in [0.2, 0.25) is 0 Å². The summed E-state index contributed by atoms with van der Waals surface area (Å²) in [4.78, 5) is 51.7. The van der Waals surface area contributed by atoms with Gasteiger partial charge in [0.25, 0.3) is 16.8 Å². The zero-order valence-corrected chi connectivity index (χ0v) is 24.5. The minimum Gasteiger partial charge on any atom is -0.427 e. The molecule has 0 unspecified atom stereocenters. The maximum absolute atomic E-state index is 14.1. The Balaban J connectivity index is 1.41. The number of non-ortho nitro benzene ring substituents is 1. The highest BCUT2D eigenvalue weighted by molar-refractivity contribution is 5.90. The largest absolute Gasteiger partial charge is 0.427 e. The fraction of sp³-hybridized carbons (Fsp3) is 0.147. The minimum atomic E-state index is -0.703. The van der Waals surface area contributed by atoms with Gasteiger partial charge >= 0.3 is 5.97 Å². The van der Waals surface area contributed by atoms with Crippen molar-refractivity contribution in [1.29, 1.82) is 0 Å². The first-order valence-corrected chi connectivity index (χ1v) is 14.3. The molecule has 6 rings (SSSR count). The van der Waals surface area contributed by atoms with Gasteiger partial charge in [0.2, 0.25) is 0 Å². The molecule has 0 radical (unpaired) electrons. The van der Waals surface area contributed by atoms with E-state index in [4.69, 9.17) is 4.74 Å². The molecule has 1 atom stereocenters. The van der Waals surface area contributed by atoms with Gasteiger partial charge in [-0.25, -0.2) is 14.2 Å². The van der Waals surface area contributed by atoms with E-state index in [0.717, 1.165) is 0 Å². The first kappa shape index (κ1) is 29.1. The van der Waals surface area contributed by atoms with Gasteiger partial charge in [-0.1, -0.05) is 48.6 Å². The highest BCUT2D eigenvalue weighted by Crippen LogP contribution is 2.38. The van der Waals surface area contributed by atoms with Gasteiger partial charge < -0.3 is 4.74 Å². The van der Waals surface area contributed by atoms with Crippen molar-refractivity contribution in [3.05, 3.63) is 168 Å². The lowest BCUT2D eigenvalue weighted by molar-refractivity contribution is -0.384. The van der Waals surface area contributed by atoms with E-state index in [0.29, 0.717) is 39.6 Å². The van der Waals surface area contributed by atoms with Crippen LogP contribution in [0.15, 0.2) is 119 Å². The summed E-state index contributed by atoms with van der Waals surface area (Å²) in [7, 11) is 0. The van der Waals surface area contributed by atoms with Gasteiger partial charge in [-0.05, 0) is 62.2 Å². The summed E-state index contributed by atoms with van der Waals surface area (Å²) in [5, 5.41) is 17.4. The SMILES string of the molecule is Cc1[nH]n(-c2ccccc2)c(=O)c1C(c1c(C)[nH]n(-c2ccccc2)c1=O)[C@@H]1C=CC=C(OC(=O)c2ccc([N+](=O)[O-])cc2)C1. The van der Waals surface area contributed by atoms with Crippen molar-refractivity contribution in [2.24, 2.45) is 5.92 Å². The van der Waals surface area contributed by atoms with E-state index >= 15 is 0 Å². The summed E-state index contributed by atoms with van der Waals surface area (Å²) in [6.45, 7) is 3.61. The zero-order valence-electron chi connectivity index (χ0n) is 24.5. The highest BCUT2D eigenvalue weighted by atomic mass is 16.6. The van der Waals surface area contributed by atoms with Gasteiger partial charge in [-0.2, -0.15) is 0 Å². The van der Waals surface area contributed by atoms with Crippen LogP contribution in [0.1, 0.15) is 45.2 Å². The molecule has 0 amide bonds. The third kappa shape index (κ3) is 5.58. The molecule has 2 heterocycles. The number of rotatable bonds is 8. The van der Waals surface area contributed by atoms with Crippen molar-refractivity contribution < 1.29 is 14.5 Å². The second-order valence-electron chi connectivity index (χ2n) is 10.8. The summed E-state index contributed by atoms with van der Waals surface area (Å²) in [6.07, 6.45) is 5.53. The lowest BCUT2D eigenvalue weighted by atomic mass is 9.77. The zero-order chi connectivity index (χ0) is 31.7. The number of carbonyl (C=O) groups is 1. The van der Waals surface area contributed by atoms with E-state index in [1.54, 1.807) is 26.0 Å². The average molecular weight is 604 g/mol. The number of nitrogens with one attached hydrogen (secondary N) is 2. The molecule has 0 fully saturated rings. The molecule has 0 aliphatic heterocycles. The number of para-hydroxylation sites is 2. The van der Waals surface area contributed by atoms with Crippen molar-refractivity contribution in [3.8, 4) is 11.4 Å². The van der Waals surface area contributed by atoms with Crippen molar-refractivity contribution in [2.45, 2.75) is 26.2 Å². The van der Waals surface area contributed by atoms with Gasteiger partial charge in [-0.15, -0.1) is 0 Å². The lowest BCUT2D eigenvalue weighted by Crippen LogP contribution is -2.29. The number of nitro groups is 1. The fourth-order valence-corrected chi connectivity index (χ4v) is 5.82. The Hall–Kier alpha value is -5.97. The van der Waals surface area contributed by atoms with Gasteiger partial charge in [0.05, 0.1) is 21.9 Å². The van der Waals surface area contributed by atoms with E-state index in [9.17, 15) is 24.5 Å². The van der Waals surface area contributed by atoms with Crippen LogP contribution in [-0.4, -0.2) is 30.5 Å². The number of carbonyl (C=O) groups excluding carboxylic acids is 1. The molecule has 226 valence electrons. The van der Waals surface area contributed by atoms with Gasteiger partial charge in [0.15, 0.2) is 0 Å². The first-order valence-electron chi connectivity index (χ1n) is 14.3. The molecule has 11 heteroatoms. The molecule has 1 aliphatic rings. The van der Waals surface area contributed by atoms with Crippen LogP contribution in [0, 0.1) is 29.9 Å². The lowest BCUT2D eigenvalue weighted by Gasteiger charge is -2.26. The molecule has 2 aromatic heterocycles. The molecule has 0 saturated carbocycles. The van der Waals surface area contributed by atoms with E-state index in [2.05, 4.69) is 10.2 Å². The number of ether oxygens (including phenoxy) is 1. The standard InChI is InChI=1S/C34H29N5O6/c1-21-29(32(40)37(35-21)25-11-5-3-6-12-25)31(30-22(2)36-38(33(30)41)26-13-7-4-8-14-26)24-10-9-15-28(20-24)45-34(42)23-16-18-27(19-17-23)39(43)44/h3-19,24,31,35-36H,20H2,1-2H3/t24-/m1/s1. The van der Waals surface area contributed by atoms with E-state index in [-0.39, 0.29) is 28.8 Å². The van der Waals surface area contributed by atoms with Crippen molar-refractivity contribution in [3.63, 3.8) is 0 Å². The third-order valence-electron chi connectivity index (χ3n) is 7.93. The fourth-order valence-electron chi connectivity index (χ4n) is 5.82. The Morgan fingerprint density at radius 2 is 1.36 bits per heavy atom. The van der Waals surface area contributed by atoms with Crippen molar-refractivity contribution in [2.75, 3.05) is 0 Å². The van der Waals surface area contributed by atoms with Crippen LogP contribution >= 0.6 is 0 Å². The molecule has 45 heavy (non-hydrogen) atoms. The van der Waals surface area contributed by atoms with E-state index in [1.807, 2.05) is 66.7 Å².